The maximum Gasteiger partial charge on any atom is 0.221 e. The normalized spacial score (nSPS) is 17.6. The molecule has 1 N–H and O–H groups in total. The van der Waals surface area contributed by atoms with Crippen molar-refractivity contribution in [1.82, 2.24) is 15.2 Å². The van der Waals surface area contributed by atoms with E-state index in [1.807, 2.05) is 12.1 Å². The second-order valence-corrected chi connectivity index (χ2v) is 7.89. The zero-order valence-corrected chi connectivity index (χ0v) is 14.1. The van der Waals surface area contributed by atoms with Crippen molar-refractivity contribution in [3.05, 3.63) is 30.1 Å². The van der Waals surface area contributed by atoms with E-state index in [0.29, 0.717) is 19.8 Å². The molecule has 0 spiro atoms. The Labute approximate surface area is 137 Å². The number of morpholine rings is 1. The summed E-state index contributed by atoms with van der Waals surface area (Å²) in [5, 5.41) is 2.84. The molecule has 1 aliphatic heterocycles. The van der Waals surface area contributed by atoms with Crippen LogP contribution < -0.4 is 5.32 Å². The van der Waals surface area contributed by atoms with Gasteiger partial charge in [-0.2, -0.15) is 0 Å². The number of hydrogen-bond acceptors (Lipinski definition) is 6. The van der Waals surface area contributed by atoms with Crippen molar-refractivity contribution in [2.24, 2.45) is 0 Å². The standard InChI is InChI=1S/C15H23N3O4S/c1-23(20,21)10-4-15(19)17-12-14(13-3-2-5-16-11-13)18-6-8-22-9-7-18/h2-3,5,11,14H,4,6-10,12H2,1H3,(H,17,19). The van der Waals surface area contributed by atoms with Crippen molar-refractivity contribution in [3.63, 3.8) is 0 Å². The minimum absolute atomic E-state index is 0.00906. The van der Waals surface area contributed by atoms with Crippen LogP contribution in [0.15, 0.2) is 24.5 Å². The van der Waals surface area contributed by atoms with Crippen molar-refractivity contribution >= 4 is 15.7 Å². The molecule has 1 atom stereocenters. The summed E-state index contributed by atoms with van der Waals surface area (Å²) in [4.78, 5) is 18.3. The highest BCUT2D eigenvalue weighted by Gasteiger charge is 2.23. The number of carbonyl (C=O) groups is 1. The highest BCUT2D eigenvalue weighted by atomic mass is 32.2. The van der Waals surface area contributed by atoms with Gasteiger partial charge >= 0.3 is 0 Å². The molecular formula is C15H23N3O4S. The van der Waals surface area contributed by atoms with Gasteiger partial charge in [-0.25, -0.2) is 8.42 Å². The van der Waals surface area contributed by atoms with Crippen molar-refractivity contribution in [1.29, 1.82) is 0 Å². The molecule has 23 heavy (non-hydrogen) atoms. The number of rotatable bonds is 7. The molecular weight excluding hydrogens is 318 g/mol. The Bertz CT molecular complexity index is 600. The molecule has 0 bridgehead atoms. The van der Waals surface area contributed by atoms with Crippen LogP contribution in [0.5, 0.6) is 0 Å². The molecule has 1 aromatic heterocycles. The van der Waals surface area contributed by atoms with Crippen LogP contribution in [-0.4, -0.2) is 69.1 Å². The van der Waals surface area contributed by atoms with E-state index in [-0.39, 0.29) is 24.1 Å². The van der Waals surface area contributed by atoms with Crippen molar-refractivity contribution in [2.75, 3.05) is 44.9 Å². The summed E-state index contributed by atoms with van der Waals surface area (Å²) in [6.07, 6.45) is 4.63. The molecule has 1 unspecified atom stereocenters. The lowest BCUT2D eigenvalue weighted by Crippen LogP contribution is -2.44. The molecule has 1 aliphatic rings. The lowest BCUT2D eigenvalue weighted by Gasteiger charge is -2.34. The molecule has 0 aromatic carbocycles. The van der Waals surface area contributed by atoms with E-state index in [1.165, 1.54) is 0 Å². The quantitative estimate of drug-likeness (QED) is 0.751. The highest BCUT2D eigenvalue weighted by molar-refractivity contribution is 7.90. The SMILES string of the molecule is CS(=O)(=O)CCC(=O)NCC(c1cccnc1)N1CCOCC1. The molecule has 1 fully saturated rings. The van der Waals surface area contributed by atoms with Crippen LogP contribution in [0.3, 0.4) is 0 Å². The zero-order valence-electron chi connectivity index (χ0n) is 13.3. The summed E-state index contributed by atoms with van der Waals surface area (Å²) >= 11 is 0. The number of amides is 1. The van der Waals surface area contributed by atoms with Gasteiger partial charge in [-0.3, -0.25) is 14.7 Å². The summed E-state index contributed by atoms with van der Waals surface area (Å²) < 4.78 is 27.6. The van der Waals surface area contributed by atoms with Gasteiger partial charge in [0.25, 0.3) is 0 Å². The number of hydrogen-bond donors (Lipinski definition) is 1. The Morgan fingerprint density at radius 1 is 1.43 bits per heavy atom. The summed E-state index contributed by atoms with van der Waals surface area (Å²) in [5.41, 5.74) is 1.03. The fourth-order valence-corrected chi connectivity index (χ4v) is 3.05. The number of sulfone groups is 1. The molecule has 1 amide bonds. The van der Waals surface area contributed by atoms with Crippen LogP contribution in [0.1, 0.15) is 18.0 Å². The van der Waals surface area contributed by atoms with Gasteiger partial charge in [0.2, 0.25) is 5.91 Å². The first-order valence-corrected chi connectivity index (χ1v) is 9.68. The number of carbonyl (C=O) groups excluding carboxylic acids is 1. The topological polar surface area (TPSA) is 88.6 Å². The third kappa shape index (κ3) is 6.25. The number of nitrogens with zero attached hydrogens (tertiary/aromatic N) is 2. The molecule has 8 heteroatoms. The maximum absolute atomic E-state index is 11.9. The van der Waals surface area contributed by atoms with Gasteiger partial charge in [0.1, 0.15) is 9.84 Å². The highest BCUT2D eigenvalue weighted by Crippen LogP contribution is 2.20. The predicted octanol–water partition coefficient (Wildman–Crippen LogP) is 0.00580. The van der Waals surface area contributed by atoms with E-state index in [0.717, 1.165) is 24.9 Å². The Hall–Kier alpha value is -1.51. The first-order chi connectivity index (χ1) is 11.0. The van der Waals surface area contributed by atoms with Crippen molar-refractivity contribution in [3.8, 4) is 0 Å². The van der Waals surface area contributed by atoms with Crippen LogP contribution in [-0.2, 0) is 19.4 Å². The molecule has 0 saturated carbocycles. The van der Waals surface area contributed by atoms with Gasteiger partial charge in [0.15, 0.2) is 0 Å². The van der Waals surface area contributed by atoms with Crippen LogP contribution in [0, 0.1) is 0 Å². The van der Waals surface area contributed by atoms with Crippen LogP contribution in [0.4, 0.5) is 0 Å². The number of nitrogens with one attached hydrogen (secondary N) is 1. The van der Waals surface area contributed by atoms with E-state index in [4.69, 9.17) is 4.74 Å². The van der Waals surface area contributed by atoms with Gasteiger partial charge in [-0.1, -0.05) is 6.07 Å². The monoisotopic (exact) mass is 341 g/mol. The molecule has 1 saturated heterocycles. The van der Waals surface area contributed by atoms with Gasteiger partial charge in [0, 0.05) is 44.7 Å². The van der Waals surface area contributed by atoms with E-state index >= 15 is 0 Å². The number of aromatic nitrogens is 1. The van der Waals surface area contributed by atoms with E-state index in [2.05, 4.69) is 15.2 Å². The summed E-state index contributed by atoms with van der Waals surface area (Å²) in [5.74, 6) is -0.383. The first kappa shape index (κ1) is 17.8. The Balaban J connectivity index is 1.96. The maximum atomic E-state index is 11.9. The average Bonchev–Trinajstić information content (AvgIpc) is 2.54. The molecule has 2 rings (SSSR count). The molecule has 2 heterocycles. The zero-order chi connectivity index (χ0) is 16.7. The molecule has 0 radical (unpaired) electrons. The van der Waals surface area contributed by atoms with Crippen LogP contribution in [0.2, 0.25) is 0 Å². The fraction of sp³-hybridized carbons (Fsp3) is 0.600. The fourth-order valence-electron chi connectivity index (χ4n) is 2.50. The largest absolute Gasteiger partial charge is 0.379 e. The third-order valence-electron chi connectivity index (χ3n) is 3.75. The Morgan fingerprint density at radius 2 is 2.17 bits per heavy atom. The Morgan fingerprint density at radius 3 is 2.78 bits per heavy atom. The third-order valence-corrected chi connectivity index (χ3v) is 4.69. The van der Waals surface area contributed by atoms with Crippen molar-refractivity contribution in [2.45, 2.75) is 12.5 Å². The Kier molecular flexibility index (Phi) is 6.49. The molecule has 128 valence electrons. The summed E-state index contributed by atoms with van der Waals surface area (Å²) in [6, 6.07) is 3.86. The minimum atomic E-state index is -3.13. The molecule has 0 aliphatic carbocycles. The molecule has 7 nitrogen and oxygen atoms in total. The second-order valence-electron chi connectivity index (χ2n) is 5.63. The lowest BCUT2D eigenvalue weighted by molar-refractivity contribution is -0.121. The summed E-state index contributed by atoms with van der Waals surface area (Å²) in [7, 11) is -3.13. The second kappa shape index (κ2) is 8.37. The number of pyridine rings is 1. The van der Waals surface area contributed by atoms with E-state index in [1.54, 1.807) is 12.4 Å². The van der Waals surface area contributed by atoms with Gasteiger partial charge in [-0.05, 0) is 11.6 Å². The van der Waals surface area contributed by atoms with E-state index in [9.17, 15) is 13.2 Å². The smallest absolute Gasteiger partial charge is 0.221 e. The predicted molar refractivity (Wildman–Crippen MR) is 86.7 cm³/mol. The lowest BCUT2D eigenvalue weighted by atomic mass is 10.1. The van der Waals surface area contributed by atoms with Crippen LogP contribution in [0.25, 0.3) is 0 Å². The number of ether oxygens (including phenoxy) is 1. The van der Waals surface area contributed by atoms with Gasteiger partial charge in [0.05, 0.1) is 25.0 Å². The first-order valence-electron chi connectivity index (χ1n) is 7.62. The average molecular weight is 341 g/mol. The van der Waals surface area contributed by atoms with E-state index < -0.39 is 9.84 Å². The van der Waals surface area contributed by atoms with Crippen molar-refractivity contribution < 1.29 is 17.9 Å². The van der Waals surface area contributed by atoms with Gasteiger partial charge in [-0.15, -0.1) is 0 Å². The molecule has 1 aromatic rings. The summed E-state index contributed by atoms with van der Waals surface area (Å²) in [6.45, 7) is 3.34. The van der Waals surface area contributed by atoms with Crippen LogP contribution >= 0.6 is 0 Å². The van der Waals surface area contributed by atoms with Gasteiger partial charge < -0.3 is 10.1 Å². The minimum Gasteiger partial charge on any atom is -0.379 e.